The standard InChI is InChI=1S/C12H20N4OS/c1-9(7-11-8-10(2)14-15-11)13-12(17)16-3-5-18-6-4-16/h8-9H,3-7H2,1-2H3,(H,13,17)(H,14,15)/t9-/m1/s1. The highest BCUT2D eigenvalue weighted by Gasteiger charge is 2.18. The molecule has 1 aromatic heterocycles. The molecular formula is C12H20N4OS. The molecule has 5 nitrogen and oxygen atoms in total. The fraction of sp³-hybridized carbons (Fsp3) is 0.667. The van der Waals surface area contributed by atoms with Gasteiger partial charge in [0.15, 0.2) is 0 Å². The second kappa shape index (κ2) is 6.13. The molecule has 2 heterocycles. The van der Waals surface area contributed by atoms with Crippen LogP contribution in [0.1, 0.15) is 18.3 Å². The highest BCUT2D eigenvalue weighted by atomic mass is 32.2. The van der Waals surface area contributed by atoms with Crippen LogP contribution >= 0.6 is 11.8 Å². The van der Waals surface area contributed by atoms with Gasteiger partial charge in [-0.3, -0.25) is 5.10 Å². The number of hydrogen-bond acceptors (Lipinski definition) is 3. The Morgan fingerprint density at radius 3 is 2.94 bits per heavy atom. The normalized spacial score (nSPS) is 17.6. The lowest BCUT2D eigenvalue weighted by Gasteiger charge is -2.28. The minimum atomic E-state index is 0.0510. The van der Waals surface area contributed by atoms with Crippen LogP contribution in [-0.4, -0.2) is 51.8 Å². The second-order valence-electron chi connectivity index (χ2n) is 4.70. The second-order valence-corrected chi connectivity index (χ2v) is 5.92. The summed E-state index contributed by atoms with van der Waals surface area (Å²) in [6.07, 6.45) is 0.763. The molecular weight excluding hydrogens is 248 g/mol. The highest BCUT2D eigenvalue weighted by molar-refractivity contribution is 7.99. The van der Waals surface area contributed by atoms with Gasteiger partial charge in [0.2, 0.25) is 0 Å². The third-order valence-electron chi connectivity index (χ3n) is 2.94. The predicted octanol–water partition coefficient (Wildman–Crippen LogP) is 1.41. The number of thioether (sulfide) groups is 1. The van der Waals surface area contributed by atoms with Crippen molar-refractivity contribution in [2.24, 2.45) is 0 Å². The van der Waals surface area contributed by atoms with Crippen LogP contribution in [0.4, 0.5) is 4.79 Å². The summed E-state index contributed by atoms with van der Waals surface area (Å²) in [4.78, 5) is 13.9. The molecule has 0 unspecified atom stereocenters. The van der Waals surface area contributed by atoms with E-state index in [0.29, 0.717) is 0 Å². The zero-order valence-electron chi connectivity index (χ0n) is 10.9. The Morgan fingerprint density at radius 1 is 1.61 bits per heavy atom. The van der Waals surface area contributed by atoms with E-state index in [2.05, 4.69) is 15.5 Å². The molecule has 0 aromatic carbocycles. The van der Waals surface area contributed by atoms with Gasteiger partial charge in [-0.2, -0.15) is 16.9 Å². The first-order valence-corrected chi connectivity index (χ1v) is 7.44. The number of amides is 2. The zero-order valence-corrected chi connectivity index (χ0v) is 11.7. The van der Waals surface area contributed by atoms with E-state index in [9.17, 15) is 4.79 Å². The Morgan fingerprint density at radius 2 is 2.33 bits per heavy atom. The number of hydrogen-bond donors (Lipinski definition) is 2. The molecule has 6 heteroatoms. The van der Waals surface area contributed by atoms with E-state index < -0.39 is 0 Å². The number of aromatic amines is 1. The van der Waals surface area contributed by atoms with Gasteiger partial charge < -0.3 is 10.2 Å². The van der Waals surface area contributed by atoms with Crippen molar-refractivity contribution in [2.45, 2.75) is 26.3 Å². The van der Waals surface area contributed by atoms with E-state index in [1.165, 1.54) is 0 Å². The van der Waals surface area contributed by atoms with E-state index in [1.807, 2.05) is 36.6 Å². The van der Waals surface area contributed by atoms with Gasteiger partial charge in [-0.15, -0.1) is 0 Å². The molecule has 1 aliphatic heterocycles. The summed E-state index contributed by atoms with van der Waals surface area (Å²) in [6.45, 7) is 5.70. The molecule has 1 aromatic rings. The maximum absolute atomic E-state index is 12.0. The van der Waals surface area contributed by atoms with Crippen LogP contribution in [0.3, 0.4) is 0 Å². The van der Waals surface area contributed by atoms with Crippen LogP contribution in [0.25, 0.3) is 0 Å². The SMILES string of the molecule is Cc1cc(C[C@@H](C)NC(=O)N2CCSCC2)n[nH]1. The first-order chi connectivity index (χ1) is 8.65. The molecule has 1 aliphatic rings. The van der Waals surface area contributed by atoms with Gasteiger partial charge in [-0.25, -0.2) is 4.79 Å². The first-order valence-electron chi connectivity index (χ1n) is 6.29. The summed E-state index contributed by atoms with van der Waals surface area (Å²) >= 11 is 1.90. The molecule has 0 spiro atoms. The Kier molecular flexibility index (Phi) is 4.52. The van der Waals surface area contributed by atoms with Gasteiger partial charge in [-0.1, -0.05) is 0 Å². The minimum absolute atomic E-state index is 0.0510. The van der Waals surface area contributed by atoms with Gasteiger partial charge in [0.25, 0.3) is 0 Å². The lowest BCUT2D eigenvalue weighted by Crippen LogP contribution is -2.47. The molecule has 0 bridgehead atoms. The van der Waals surface area contributed by atoms with Crippen LogP contribution in [0.2, 0.25) is 0 Å². The number of urea groups is 1. The molecule has 1 saturated heterocycles. The van der Waals surface area contributed by atoms with Crippen molar-refractivity contribution in [3.05, 3.63) is 17.5 Å². The van der Waals surface area contributed by atoms with Gasteiger partial charge in [0, 0.05) is 42.8 Å². The lowest BCUT2D eigenvalue weighted by atomic mass is 10.2. The molecule has 18 heavy (non-hydrogen) atoms. The van der Waals surface area contributed by atoms with E-state index in [1.54, 1.807) is 0 Å². The lowest BCUT2D eigenvalue weighted by molar-refractivity contribution is 0.199. The molecule has 2 N–H and O–H groups in total. The summed E-state index contributed by atoms with van der Waals surface area (Å²) in [5.41, 5.74) is 2.05. The van der Waals surface area contributed by atoms with Crippen molar-refractivity contribution in [3.8, 4) is 0 Å². The van der Waals surface area contributed by atoms with Crippen molar-refractivity contribution < 1.29 is 4.79 Å². The number of H-pyrrole nitrogens is 1. The molecule has 100 valence electrons. The van der Waals surface area contributed by atoms with Crippen LogP contribution in [0.5, 0.6) is 0 Å². The number of aryl methyl sites for hydroxylation is 1. The monoisotopic (exact) mass is 268 g/mol. The van der Waals surface area contributed by atoms with Gasteiger partial charge in [0.1, 0.15) is 0 Å². The predicted molar refractivity (Wildman–Crippen MR) is 73.9 cm³/mol. The Bertz CT molecular complexity index is 401. The summed E-state index contributed by atoms with van der Waals surface area (Å²) in [5, 5.41) is 10.1. The Hall–Kier alpha value is -1.17. The fourth-order valence-corrected chi connectivity index (χ4v) is 2.92. The number of aromatic nitrogens is 2. The average molecular weight is 268 g/mol. The molecule has 1 fully saturated rings. The third-order valence-corrected chi connectivity index (χ3v) is 3.88. The quantitative estimate of drug-likeness (QED) is 0.871. The van der Waals surface area contributed by atoms with Gasteiger partial charge >= 0.3 is 6.03 Å². The molecule has 0 saturated carbocycles. The number of nitrogens with zero attached hydrogens (tertiary/aromatic N) is 2. The van der Waals surface area contributed by atoms with Gasteiger partial charge in [-0.05, 0) is 19.9 Å². The Labute approximate surface area is 112 Å². The van der Waals surface area contributed by atoms with Gasteiger partial charge in [0.05, 0.1) is 5.69 Å². The molecule has 2 rings (SSSR count). The number of carbonyl (C=O) groups excluding carboxylic acids is 1. The highest BCUT2D eigenvalue weighted by Crippen LogP contribution is 2.09. The average Bonchev–Trinajstić information content (AvgIpc) is 2.75. The number of nitrogens with one attached hydrogen (secondary N) is 2. The van der Waals surface area contributed by atoms with Crippen molar-refractivity contribution in [3.63, 3.8) is 0 Å². The van der Waals surface area contributed by atoms with Crippen molar-refractivity contribution in [1.29, 1.82) is 0 Å². The molecule has 1 atom stereocenters. The topological polar surface area (TPSA) is 61.0 Å². The number of rotatable bonds is 3. The summed E-state index contributed by atoms with van der Waals surface area (Å²) in [5.74, 6) is 2.08. The maximum atomic E-state index is 12.0. The van der Waals surface area contributed by atoms with Crippen LogP contribution < -0.4 is 5.32 Å². The van der Waals surface area contributed by atoms with E-state index in [0.717, 1.165) is 42.4 Å². The largest absolute Gasteiger partial charge is 0.335 e. The maximum Gasteiger partial charge on any atom is 0.317 e. The van der Waals surface area contributed by atoms with E-state index in [-0.39, 0.29) is 12.1 Å². The Balaban J connectivity index is 1.79. The summed E-state index contributed by atoms with van der Waals surface area (Å²) in [7, 11) is 0. The fourth-order valence-electron chi connectivity index (χ4n) is 2.01. The summed E-state index contributed by atoms with van der Waals surface area (Å²) < 4.78 is 0. The van der Waals surface area contributed by atoms with E-state index >= 15 is 0 Å². The van der Waals surface area contributed by atoms with Crippen molar-refractivity contribution in [1.82, 2.24) is 20.4 Å². The first kappa shape index (κ1) is 13.3. The molecule has 2 amide bonds. The van der Waals surface area contributed by atoms with Crippen LogP contribution in [0.15, 0.2) is 6.07 Å². The number of carbonyl (C=O) groups is 1. The zero-order chi connectivity index (χ0) is 13.0. The minimum Gasteiger partial charge on any atom is -0.335 e. The third kappa shape index (κ3) is 3.66. The van der Waals surface area contributed by atoms with Crippen molar-refractivity contribution >= 4 is 17.8 Å². The molecule has 0 aliphatic carbocycles. The van der Waals surface area contributed by atoms with Crippen LogP contribution in [0, 0.1) is 6.92 Å². The van der Waals surface area contributed by atoms with Crippen molar-refractivity contribution in [2.75, 3.05) is 24.6 Å². The van der Waals surface area contributed by atoms with E-state index in [4.69, 9.17) is 0 Å². The summed E-state index contributed by atoms with van der Waals surface area (Å²) in [6, 6.07) is 2.17. The molecule has 0 radical (unpaired) electrons. The smallest absolute Gasteiger partial charge is 0.317 e. The van der Waals surface area contributed by atoms with Crippen LogP contribution in [-0.2, 0) is 6.42 Å².